The number of hydrogen-bond acceptors (Lipinski definition) is 6. The van der Waals surface area contributed by atoms with E-state index in [9.17, 15) is 0 Å². The van der Waals surface area contributed by atoms with Crippen molar-refractivity contribution in [2.24, 2.45) is 11.8 Å². The summed E-state index contributed by atoms with van der Waals surface area (Å²) in [6.07, 6.45) is 50.0. The molecule has 0 spiro atoms. The van der Waals surface area contributed by atoms with E-state index in [0.717, 1.165) is 99.7 Å². The van der Waals surface area contributed by atoms with Gasteiger partial charge in [-0.15, -0.1) is 22.7 Å². The number of carbonyl (C=O) groups excluding carboxylic acids is 2. The van der Waals surface area contributed by atoms with Crippen LogP contribution < -0.4 is 0 Å². The molecule has 2 atom stereocenters. The SMILES string of the molecule is CCCCCCCCCCCCC(CCCCCCCCCC)CN1C(=O)C2=C(c3ccc(-c4ccc(-c5c(F)c(F)c(-c6cccs6)c(F)c5F)s4)o3)N(CC(CCCCCCCCCC)CCCCCCCCCCCC)C(=O)C2=C1c1ccco1. The summed E-state index contributed by atoms with van der Waals surface area (Å²) in [5, 5.41) is 1.59. The van der Waals surface area contributed by atoms with Gasteiger partial charge in [0.2, 0.25) is 0 Å². The number of unbranched alkanes of at least 4 members (excludes halogenated alkanes) is 32. The zero-order valence-corrected chi connectivity index (χ0v) is 56.1. The molecule has 0 fully saturated rings. The van der Waals surface area contributed by atoms with Crippen LogP contribution >= 0.6 is 22.7 Å². The molecule has 2 aliphatic heterocycles. The normalized spacial score (nSPS) is 14.3. The van der Waals surface area contributed by atoms with Gasteiger partial charge >= 0.3 is 0 Å². The lowest BCUT2D eigenvalue weighted by atomic mass is 9.93. The van der Waals surface area contributed by atoms with Crippen molar-refractivity contribution in [1.29, 1.82) is 0 Å². The van der Waals surface area contributed by atoms with E-state index in [2.05, 4.69) is 27.7 Å². The Morgan fingerprint density at radius 2 is 0.739 bits per heavy atom. The topological polar surface area (TPSA) is 66.9 Å². The zero-order chi connectivity index (χ0) is 62.3. The minimum absolute atomic E-state index is 0.0109. The van der Waals surface area contributed by atoms with Crippen LogP contribution in [-0.4, -0.2) is 34.7 Å². The van der Waals surface area contributed by atoms with E-state index in [4.69, 9.17) is 8.83 Å². The Kier molecular flexibility index (Phi) is 31.8. The zero-order valence-electron chi connectivity index (χ0n) is 54.5. The van der Waals surface area contributed by atoms with Crippen LogP contribution in [0.15, 0.2) is 80.2 Å². The van der Waals surface area contributed by atoms with E-state index in [-0.39, 0.29) is 33.4 Å². The molecule has 2 aliphatic rings. The van der Waals surface area contributed by atoms with Gasteiger partial charge in [-0.3, -0.25) is 9.59 Å². The van der Waals surface area contributed by atoms with Crippen molar-refractivity contribution < 1.29 is 36.0 Å². The molecule has 12 heteroatoms. The van der Waals surface area contributed by atoms with Gasteiger partial charge < -0.3 is 18.6 Å². The summed E-state index contributed by atoms with van der Waals surface area (Å²) in [5.41, 5.74) is 0.111. The quantitative estimate of drug-likeness (QED) is 0.0221. The minimum Gasteiger partial charge on any atom is -0.463 e. The van der Waals surface area contributed by atoms with Gasteiger partial charge in [-0.25, -0.2) is 17.6 Å². The van der Waals surface area contributed by atoms with E-state index < -0.39 is 34.4 Å². The molecular formula is C76H108F4N2O4S2. The first-order chi connectivity index (χ1) is 43.1. The van der Waals surface area contributed by atoms with E-state index >= 15 is 27.2 Å². The summed E-state index contributed by atoms with van der Waals surface area (Å²) in [7, 11) is 0. The number of halogens is 4. The van der Waals surface area contributed by atoms with Gasteiger partial charge in [0.05, 0.1) is 33.4 Å². The van der Waals surface area contributed by atoms with Crippen LogP contribution in [0.4, 0.5) is 17.6 Å². The highest BCUT2D eigenvalue weighted by atomic mass is 32.1. The molecule has 6 nitrogen and oxygen atoms in total. The number of benzene rings is 1. The monoisotopic (exact) mass is 1250 g/mol. The molecule has 0 radical (unpaired) electrons. The van der Waals surface area contributed by atoms with Crippen molar-refractivity contribution in [3.63, 3.8) is 0 Å². The Morgan fingerprint density at radius 3 is 1.10 bits per heavy atom. The van der Waals surface area contributed by atoms with Crippen LogP contribution in [0.1, 0.15) is 296 Å². The molecule has 4 aromatic heterocycles. The standard InChI is InChI=1S/C76H108F4N2O4S2/c1-5-9-13-17-21-25-27-31-35-39-44-57(43-37-33-29-23-19-15-11-7-3)55-81-73(60-47-41-53-85-60)67-68(76(81)84)74(82(75(67)83)56-58(45-38-34-30-24-20-16-12-8-4)46-40-36-32-28-26-22-18-14-10-6-2)61-50-49-59(86-61)62-51-52-64(88-62)66-71(79)69(77)65(70(78)72(66)80)63-48-42-54-87-63/h41-42,47-54,57-58H,5-40,43-46,55-56H2,1-4H3. The number of hydrogen-bond donors (Lipinski definition) is 0. The predicted octanol–water partition coefficient (Wildman–Crippen LogP) is 25.3. The second-order valence-corrected chi connectivity index (χ2v) is 27.8. The fourth-order valence-corrected chi connectivity index (χ4v) is 15.3. The van der Waals surface area contributed by atoms with Crippen LogP contribution in [-0.2, 0) is 9.59 Å². The van der Waals surface area contributed by atoms with Crippen molar-refractivity contribution in [2.45, 2.75) is 285 Å². The Labute approximate surface area is 535 Å². The van der Waals surface area contributed by atoms with Gasteiger partial charge in [-0.05, 0) is 85.4 Å². The fourth-order valence-electron chi connectivity index (χ4n) is 13.5. The van der Waals surface area contributed by atoms with Gasteiger partial charge in [0.1, 0.15) is 17.2 Å². The predicted molar refractivity (Wildman–Crippen MR) is 361 cm³/mol. The maximum Gasteiger partial charge on any atom is 0.261 e. The number of rotatable bonds is 49. The Morgan fingerprint density at radius 1 is 0.386 bits per heavy atom. The fraction of sp³-hybridized carbons (Fsp3) is 0.632. The summed E-state index contributed by atoms with van der Waals surface area (Å²) in [4.78, 5) is 35.9. The largest absolute Gasteiger partial charge is 0.463 e. The maximum atomic E-state index is 16.0. The van der Waals surface area contributed by atoms with E-state index in [0.29, 0.717) is 57.8 Å². The Balaban J connectivity index is 1.20. The highest BCUT2D eigenvalue weighted by molar-refractivity contribution is 7.18. The summed E-state index contributed by atoms with van der Waals surface area (Å²) in [5.74, 6) is -4.77. The van der Waals surface area contributed by atoms with Gasteiger partial charge in [-0.2, -0.15) is 0 Å². The molecule has 1 aromatic carbocycles. The number of thiophene rings is 2. The molecular weight excluding hydrogens is 1140 g/mol. The van der Waals surface area contributed by atoms with E-state index in [1.807, 2.05) is 21.9 Å². The number of fused-ring (bicyclic) bond motifs is 1. The van der Waals surface area contributed by atoms with Crippen LogP contribution in [0.3, 0.4) is 0 Å². The molecule has 2 unspecified atom stereocenters. The average molecular weight is 1250 g/mol. The summed E-state index contributed by atoms with van der Waals surface area (Å²) in [6, 6.07) is 13.3. The molecule has 486 valence electrons. The number of furan rings is 2. The molecule has 0 N–H and O–H groups in total. The van der Waals surface area contributed by atoms with Crippen LogP contribution in [0.2, 0.25) is 0 Å². The second-order valence-electron chi connectivity index (χ2n) is 25.8. The van der Waals surface area contributed by atoms with E-state index in [1.165, 1.54) is 192 Å². The molecule has 6 heterocycles. The van der Waals surface area contributed by atoms with Crippen molar-refractivity contribution >= 4 is 45.9 Å². The molecule has 0 saturated heterocycles. The Bertz CT molecular complexity index is 2830. The summed E-state index contributed by atoms with van der Waals surface area (Å²) in [6.45, 7) is 9.93. The lowest BCUT2D eigenvalue weighted by Gasteiger charge is -2.29. The smallest absolute Gasteiger partial charge is 0.261 e. The van der Waals surface area contributed by atoms with Crippen LogP contribution in [0, 0.1) is 35.1 Å². The van der Waals surface area contributed by atoms with Gasteiger partial charge in [-0.1, -0.05) is 265 Å². The highest BCUT2D eigenvalue weighted by Gasteiger charge is 2.51. The van der Waals surface area contributed by atoms with E-state index in [1.54, 1.807) is 35.9 Å². The maximum absolute atomic E-state index is 16.0. The molecule has 0 bridgehead atoms. The first kappa shape index (κ1) is 70.8. The summed E-state index contributed by atoms with van der Waals surface area (Å²) < 4.78 is 76.4. The second kappa shape index (κ2) is 39.6. The van der Waals surface area contributed by atoms with Crippen molar-refractivity contribution in [2.75, 3.05) is 13.1 Å². The van der Waals surface area contributed by atoms with Gasteiger partial charge in [0, 0.05) is 22.8 Å². The minimum atomic E-state index is -1.47. The molecule has 7 rings (SSSR count). The third-order valence-corrected chi connectivity index (χ3v) is 20.7. The van der Waals surface area contributed by atoms with Crippen LogP contribution in [0.25, 0.3) is 42.9 Å². The molecule has 0 saturated carbocycles. The highest BCUT2D eigenvalue weighted by Crippen LogP contribution is 2.50. The summed E-state index contributed by atoms with van der Waals surface area (Å²) >= 11 is 1.95. The Hall–Kier alpha value is -4.68. The van der Waals surface area contributed by atoms with Gasteiger partial charge in [0.25, 0.3) is 11.8 Å². The van der Waals surface area contributed by atoms with Crippen LogP contribution in [0.5, 0.6) is 0 Å². The lowest BCUT2D eigenvalue weighted by Crippen LogP contribution is -2.34. The van der Waals surface area contributed by atoms with Crippen molar-refractivity contribution in [3.8, 4) is 31.5 Å². The molecule has 0 aliphatic carbocycles. The van der Waals surface area contributed by atoms with Crippen molar-refractivity contribution in [1.82, 2.24) is 9.80 Å². The molecule has 88 heavy (non-hydrogen) atoms. The van der Waals surface area contributed by atoms with Crippen molar-refractivity contribution in [3.05, 3.63) is 106 Å². The average Bonchev–Trinajstić information content (AvgIpc) is 2.21. The number of amides is 2. The third kappa shape index (κ3) is 20.7. The first-order valence-corrected chi connectivity index (χ1v) is 37.1. The lowest BCUT2D eigenvalue weighted by molar-refractivity contribution is -0.124. The molecule has 2 amide bonds. The number of carbonyl (C=O) groups is 2. The number of nitrogens with zero attached hydrogens (tertiary/aromatic N) is 2. The van der Waals surface area contributed by atoms with Gasteiger partial charge in [0.15, 0.2) is 34.8 Å². The third-order valence-electron chi connectivity index (χ3n) is 18.6. The molecule has 5 aromatic rings. The first-order valence-electron chi connectivity index (χ1n) is 35.4.